The van der Waals surface area contributed by atoms with E-state index in [9.17, 15) is 0 Å². The maximum atomic E-state index is 4.78. The maximum absolute atomic E-state index is 4.78. The molecule has 18 heavy (non-hydrogen) atoms. The number of rotatable bonds is 4. The summed E-state index contributed by atoms with van der Waals surface area (Å²) in [5.41, 5.74) is 1.14. The molecule has 0 spiro atoms. The van der Waals surface area contributed by atoms with E-state index in [1.807, 2.05) is 0 Å². The van der Waals surface area contributed by atoms with Gasteiger partial charge >= 0.3 is 0 Å². The van der Waals surface area contributed by atoms with E-state index in [0.29, 0.717) is 6.04 Å². The number of anilines is 1. The molecule has 100 valence electrons. The van der Waals surface area contributed by atoms with Crippen molar-refractivity contribution in [3.63, 3.8) is 0 Å². The highest BCUT2D eigenvalue weighted by Crippen LogP contribution is 2.27. The van der Waals surface area contributed by atoms with Crippen LogP contribution in [0.5, 0.6) is 0 Å². The molecule has 1 fully saturated rings. The lowest BCUT2D eigenvalue weighted by Crippen LogP contribution is -2.43. The van der Waals surface area contributed by atoms with Crippen molar-refractivity contribution in [2.24, 2.45) is 5.92 Å². The molecule has 1 N–H and O–H groups in total. The predicted molar refractivity (Wildman–Crippen MR) is 76.8 cm³/mol. The molecule has 1 aliphatic rings. The monoisotopic (exact) mass is 247 g/mol. The lowest BCUT2D eigenvalue weighted by molar-refractivity contribution is 0.361. The first-order valence-electron chi connectivity index (χ1n) is 7.15. The van der Waals surface area contributed by atoms with Gasteiger partial charge in [-0.15, -0.1) is 0 Å². The number of hydrogen-bond donors (Lipinski definition) is 1. The number of nitrogens with one attached hydrogen (secondary N) is 1. The first-order chi connectivity index (χ1) is 8.72. The van der Waals surface area contributed by atoms with Gasteiger partial charge in [0, 0.05) is 19.1 Å². The summed E-state index contributed by atoms with van der Waals surface area (Å²) in [6, 6.07) is 6.97. The normalized spacial score (nSPS) is 24.3. The first-order valence-corrected chi connectivity index (χ1v) is 7.15. The highest BCUT2D eigenvalue weighted by atomic mass is 15.2. The van der Waals surface area contributed by atoms with Crippen molar-refractivity contribution in [3.8, 4) is 0 Å². The molecular weight excluding hydrogens is 222 g/mol. The number of piperidine rings is 1. The van der Waals surface area contributed by atoms with E-state index in [1.165, 1.54) is 12.8 Å². The van der Waals surface area contributed by atoms with Crippen molar-refractivity contribution in [1.29, 1.82) is 0 Å². The van der Waals surface area contributed by atoms with Crippen LogP contribution in [0.4, 0.5) is 5.82 Å². The van der Waals surface area contributed by atoms with Gasteiger partial charge in [0.05, 0.1) is 5.69 Å². The second-order valence-corrected chi connectivity index (χ2v) is 5.32. The van der Waals surface area contributed by atoms with Crippen LogP contribution in [0.2, 0.25) is 0 Å². The molecule has 3 nitrogen and oxygen atoms in total. The Bertz CT molecular complexity index is 378. The quantitative estimate of drug-likeness (QED) is 0.887. The van der Waals surface area contributed by atoms with Crippen LogP contribution >= 0.6 is 0 Å². The van der Waals surface area contributed by atoms with Crippen LogP contribution in [0.1, 0.15) is 39.3 Å². The minimum absolute atomic E-state index is 0.598. The van der Waals surface area contributed by atoms with Crippen LogP contribution in [0.25, 0.3) is 0 Å². The summed E-state index contributed by atoms with van der Waals surface area (Å²) in [6.07, 6.45) is 2.62. The summed E-state index contributed by atoms with van der Waals surface area (Å²) >= 11 is 0. The van der Waals surface area contributed by atoms with Gasteiger partial charge in [0.25, 0.3) is 0 Å². The molecule has 1 aromatic rings. The molecule has 0 aliphatic carbocycles. The standard InChI is InChI=1S/C15H25N3/c1-4-16-11-14-8-5-9-15(17-14)18-10-6-7-12(2)13(18)3/h5,8-9,12-13,16H,4,6-7,10-11H2,1-3H3. The Morgan fingerprint density at radius 3 is 3.00 bits per heavy atom. The van der Waals surface area contributed by atoms with Crippen molar-refractivity contribution in [1.82, 2.24) is 10.3 Å². The number of hydrogen-bond acceptors (Lipinski definition) is 3. The van der Waals surface area contributed by atoms with Crippen LogP contribution in [-0.4, -0.2) is 24.1 Å². The Hall–Kier alpha value is -1.09. The summed E-state index contributed by atoms with van der Waals surface area (Å²) < 4.78 is 0. The molecule has 2 rings (SSSR count). The topological polar surface area (TPSA) is 28.2 Å². The molecule has 0 radical (unpaired) electrons. The fraction of sp³-hybridized carbons (Fsp3) is 0.667. The van der Waals surface area contributed by atoms with Gasteiger partial charge in [0.1, 0.15) is 5.82 Å². The van der Waals surface area contributed by atoms with E-state index in [1.54, 1.807) is 0 Å². The zero-order valence-electron chi connectivity index (χ0n) is 11.8. The molecule has 2 atom stereocenters. The van der Waals surface area contributed by atoms with E-state index < -0.39 is 0 Å². The van der Waals surface area contributed by atoms with E-state index in [0.717, 1.165) is 37.1 Å². The van der Waals surface area contributed by atoms with Crippen molar-refractivity contribution < 1.29 is 0 Å². The third kappa shape index (κ3) is 3.02. The van der Waals surface area contributed by atoms with Gasteiger partial charge in [0.2, 0.25) is 0 Å². The Kier molecular flexibility index (Phi) is 4.59. The SMILES string of the molecule is CCNCc1cccc(N2CCCC(C)C2C)n1. The second kappa shape index (κ2) is 6.19. The van der Waals surface area contributed by atoms with Gasteiger partial charge in [-0.1, -0.05) is 19.9 Å². The highest BCUT2D eigenvalue weighted by molar-refractivity contribution is 5.41. The number of nitrogens with zero attached hydrogens (tertiary/aromatic N) is 2. The zero-order chi connectivity index (χ0) is 13.0. The summed E-state index contributed by atoms with van der Waals surface area (Å²) in [5.74, 6) is 1.91. The lowest BCUT2D eigenvalue weighted by Gasteiger charge is -2.38. The molecule has 0 bridgehead atoms. The Morgan fingerprint density at radius 2 is 2.22 bits per heavy atom. The van der Waals surface area contributed by atoms with E-state index in [-0.39, 0.29) is 0 Å². The van der Waals surface area contributed by atoms with E-state index in [4.69, 9.17) is 4.98 Å². The van der Waals surface area contributed by atoms with Crippen LogP contribution in [0.15, 0.2) is 18.2 Å². The molecule has 1 aromatic heterocycles. The maximum Gasteiger partial charge on any atom is 0.129 e. The predicted octanol–water partition coefficient (Wildman–Crippen LogP) is 2.82. The third-order valence-electron chi connectivity index (χ3n) is 4.02. The van der Waals surface area contributed by atoms with Gasteiger partial charge in [-0.05, 0) is 44.4 Å². The third-order valence-corrected chi connectivity index (χ3v) is 4.02. The molecule has 0 saturated carbocycles. The van der Waals surface area contributed by atoms with E-state index in [2.05, 4.69) is 49.2 Å². The lowest BCUT2D eigenvalue weighted by atomic mass is 9.92. The fourth-order valence-corrected chi connectivity index (χ4v) is 2.64. The van der Waals surface area contributed by atoms with Crippen molar-refractivity contribution in [2.45, 2.75) is 46.2 Å². The largest absolute Gasteiger partial charge is 0.354 e. The number of pyridine rings is 1. The van der Waals surface area contributed by atoms with Crippen LogP contribution in [-0.2, 0) is 6.54 Å². The molecular formula is C15H25N3. The number of aromatic nitrogens is 1. The van der Waals surface area contributed by atoms with Gasteiger partial charge < -0.3 is 10.2 Å². The van der Waals surface area contributed by atoms with Crippen molar-refractivity contribution >= 4 is 5.82 Å². The van der Waals surface area contributed by atoms with E-state index >= 15 is 0 Å². The van der Waals surface area contributed by atoms with Gasteiger partial charge in [-0.3, -0.25) is 0 Å². The fourth-order valence-electron chi connectivity index (χ4n) is 2.64. The molecule has 3 heteroatoms. The van der Waals surface area contributed by atoms with Crippen molar-refractivity contribution in [3.05, 3.63) is 23.9 Å². The summed E-state index contributed by atoms with van der Waals surface area (Å²) in [4.78, 5) is 7.24. The van der Waals surface area contributed by atoms with Crippen LogP contribution in [0, 0.1) is 5.92 Å². The molecule has 2 unspecified atom stereocenters. The van der Waals surface area contributed by atoms with Crippen LogP contribution < -0.4 is 10.2 Å². The first kappa shape index (κ1) is 13.3. The minimum Gasteiger partial charge on any atom is -0.354 e. The molecule has 0 amide bonds. The Morgan fingerprint density at radius 1 is 1.39 bits per heavy atom. The minimum atomic E-state index is 0.598. The summed E-state index contributed by atoms with van der Waals surface area (Å²) in [6.45, 7) is 9.79. The van der Waals surface area contributed by atoms with Crippen LogP contribution in [0.3, 0.4) is 0 Å². The molecule has 2 heterocycles. The average Bonchev–Trinajstić information content (AvgIpc) is 2.40. The zero-order valence-corrected chi connectivity index (χ0v) is 11.8. The second-order valence-electron chi connectivity index (χ2n) is 5.32. The smallest absolute Gasteiger partial charge is 0.129 e. The Labute approximate surface area is 111 Å². The highest BCUT2D eigenvalue weighted by Gasteiger charge is 2.25. The van der Waals surface area contributed by atoms with Gasteiger partial charge in [-0.2, -0.15) is 0 Å². The van der Waals surface area contributed by atoms with Crippen molar-refractivity contribution in [2.75, 3.05) is 18.0 Å². The van der Waals surface area contributed by atoms with Gasteiger partial charge in [0.15, 0.2) is 0 Å². The molecule has 1 saturated heterocycles. The summed E-state index contributed by atoms with van der Waals surface area (Å²) in [7, 11) is 0. The summed E-state index contributed by atoms with van der Waals surface area (Å²) in [5, 5.41) is 3.33. The molecule has 1 aliphatic heterocycles. The molecule has 0 aromatic carbocycles. The Balaban J connectivity index is 2.11. The van der Waals surface area contributed by atoms with Gasteiger partial charge in [-0.25, -0.2) is 4.98 Å². The average molecular weight is 247 g/mol.